The number of carbonyl (C=O) groups excluding carboxylic acids is 1. The molecule has 0 aromatic heterocycles. The number of methoxy groups -OCH3 is 2. The Morgan fingerprint density at radius 3 is 2.56 bits per heavy atom. The molecule has 0 spiro atoms. The van der Waals surface area contributed by atoms with Crippen molar-refractivity contribution in [3.8, 4) is 29.4 Å². The average Bonchev–Trinajstić information content (AvgIpc) is 3.49. The van der Waals surface area contributed by atoms with E-state index >= 15 is 0 Å². The first-order valence-electron chi connectivity index (χ1n) is 9.94. The lowest BCUT2D eigenvalue weighted by molar-refractivity contribution is -0.134. The van der Waals surface area contributed by atoms with Crippen LogP contribution in [0.15, 0.2) is 41.7 Å². The average molecular weight is 433 g/mol. The highest BCUT2D eigenvalue weighted by atomic mass is 16.6. The Morgan fingerprint density at radius 1 is 1.19 bits per heavy atom. The fourth-order valence-corrected chi connectivity index (χ4v) is 5.48. The number of anilines is 1. The maximum Gasteiger partial charge on any atom is 0.415 e. The summed E-state index contributed by atoms with van der Waals surface area (Å²) in [5.41, 5.74) is -1.46. The molecule has 2 aliphatic carbocycles. The van der Waals surface area contributed by atoms with Crippen LogP contribution in [0.3, 0.4) is 0 Å². The van der Waals surface area contributed by atoms with Crippen LogP contribution in [0.2, 0.25) is 0 Å². The van der Waals surface area contributed by atoms with Crippen molar-refractivity contribution in [3.05, 3.63) is 47.2 Å². The number of aromatic hydroxyl groups is 1. The van der Waals surface area contributed by atoms with Crippen LogP contribution in [-0.2, 0) is 24.6 Å². The molecule has 4 bridgehead atoms. The summed E-state index contributed by atoms with van der Waals surface area (Å²) in [6.07, 6.45) is 2.44. The maximum atomic E-state index is 12.9. The van der Waals surface area contributed by atoms with Crippen molar-refractivity contribution in [3.63, 3.8) is 0 Å². The number of ether oxygens (including phenoxy) is 3. The number of carbonyl (C=O) groups is 2. The second-order valence-corrected chi connectivity index (χ2v) is 7.93. The van der Waals surface area contributed by atoms with Crippen LogP contribution in [0, 0.1) is 35.5 Å². The molecule has 1 amide bonds. The number of allylic oxidation sites excluding steroid dienone is 2. The highest BCUT2D eigenvalue weighted by molar-refractivity contribution is 5.95. The van der Waals surface area contributed by atoms with Gasteiger partial charge in [0, 0.05) is 11.5 Å². The topological polar surface area (TPSA) is 109 Å². The second kappa shape index (κ2) is 6.56. The number of fused-ring (bicyclic) bond motifs is 1. The third kappa shape index (κ3) is 2.17. The first kappa shape index (κ1) is 20.0. The van der Waals surface area contributed by atoms with Crippen molar-refractivity contribution < 1.29 is 34.0 Å². The van der Waals surface area contributed by atoms with Gasteiger partial charge in [0.05, 0.1) is 25.5 Å². The number of benzene rings is 1. The second-order valence-electron chi connectivity index (χ2n) is 7.93. The van der Waals surface area contributed by atoms with Crippen LogP contribution in [0.1, 0.15) is 12.5 Å². The molecule has 1 saturated heterocycles. The van der Waals surface area contributed by atoms with Crippen LogP contribution >= 0.6 is 0 Å². The van der Waals surface area contributed by atoms with Gasteiger partial charge in [-0.1, -0.05) is 30.6 Å². The van der Waals surface area contributed by atoms with Gasteiger partial charge >= 0.3 is 12.1 Å². The lowest BCUT2D eigenvalue weighted by atomic mass is 9.59. The number of phenolic OH excluding ortho intramolecular Hbond substituents is 1. The first-order valence-corrected chi connectivity index (χ1v) is 9.94. The predicted molar refractivity (Wildman–Crippen MR) is 111 cm³/mol. The van der Waals surface area contributed by atoms with Crippen LogP contribution in [0.4, 0.5) is 10.5 Å². The zero-order chi connectivity index (χ0) is 22.8. The highest BCUT2D eigenvalue weighted by Gasteiger charge is 2.86. The van der Waals surface area contributed by atoms with E-state index < -0.39 is 41.1 Å². The molecule has 2 N–H and O–H groups in total. The third-order valence-electron chi connectivity index (χ3n) is 6.70. The highest BCUT2D eigenvalue weighted by Crippen LogP contribution is 2.74. The van der Waals surface area contributed by atoms with E-state index in [1.807, 2.05) is 0 Å². The van der Waals surface area contributed by atoms with E-state index in [1.165, 1.54) is 31.3 Å². The van der Waals surface area contributed by atoms with Crippen molar-refractivity contribution in [2.45, 2.75) is 24.2 Å². The summed E-state index contributed by atoms with van der Waals surface area (Å²) >= 11 is 0. The van der Waals surface area contributed by atoms with Gasteiger partial charge < -0.3 is 24.4 Å². The Morgan fingerprint density at radius 2 is 1.91 bits per heavy atom. The largest absolute Gasteiger partial charge is 0.508 e. The third-order valence-corrected chi connectivity index (χ3v) is 6.70. The molecule has 162 valence electrons. The van der Waals surface area contributed by atoms with Gasteiger partial charge in [0.15, 0.2) is 0 Å². The van der Waals surface area contributed by atoms with Crippen LogP contribution < -0.4 is 4.90 Å². The monoisotopic (exact) mass is 433 g/mol. The lowest BCUT2D eigenvalue weighted by Crippen LogP contribution is -2.60. The summed E-state index contributed by atoms with van der Waals surface area (Å²) < 4.78 is 17.2. The molecule has 1 aromatic rings. The Balaban J connectivity index is 1.93. The Bertz CT molecular complexity index is 1260. The number of epoxide rings is 1. The number of amides is 1. The number of hydrogen-bond donors (Lipinski definition) is 2. The summed E-state index contributed by atoms with van der Waals surface area (Å²) in [7, 11) is 2.66. The number of nitrogens with zero attached hydrogens (tertiary/aromatic N) is 1. The SMILES string of the molecule is COC(=O)N1c2ccc(O)cc2[C@@]23O[C@@]24[C@@H]1C#C/C=C\C#C[C@@H]3C(OC)=C(C(=O)O)[C@@H]4C. The van der Waals surface area contributed by atoms with E-state index in [2.05, 4.69) is 23.7 Å². The van der Waals surface area contributed by atoms with Gasteiger partial charge in [-0.05, 0) is 30.4 Å². The molecular weight excluding hydrogens is 414 g/mol. The summed E-state index contributed by atoms with van der Waals surface area (Å²) in [6.45, 7) is 1.72. The normalized spacial score (nSPS) is 33.8. The maximum absolute atomic E-state index is 12.9. The molecule has 1 fully saturated rings. The van der Waals surface area contributed by atoms with Crippen molar-refractivity contribution in [2.24, 2.45) is 11.8 Å². The van der Waals surface area contributed by atoms with Crippen molar-refractivity contribution in [1.29, 1.82) is 0 Å². The standard InChI is InChI=1S/C24H19NO7/c1-13-19(21(27)28)20(30-2)15-8-6-4-5-7-9-18-23(13)24(15,32-23)16-12-14(26)10-11-17(16)25(18)22(29)31-3/h4-5,10-13,15,18,26H,1-3H3,(H,27,28)/b5-4-/t13-,15+,18-,23-,24+/m0/s1. The molecular formula is C24H19NO7. The fourth-order valence-electron chi connectivity index (χ4n) is 5.48. The Labute approximate surface area is 184 Å². The summed E-state index contributed by atoms with van der Waals surface area (Å²) in [6, 6.07) is 3.69. The van der Waals surface area contributed by atoms with Gasteiger partial charge in [-0.15, -0.1) is 0 Å². The quantitative estimate of drug-likeness (QED) is 0.543. The molecule has 2 heterocycles. The van der Waals surface area contributed by atoms with E-state index in [9.17, 15) is 19.8 Å². The summed E-state index contributed by atoms with van der Waals surface area (Å²) in [5.74, 6) is 9.43. The minimum Gasteiger partial charge on any atom is -0.508 e. The van der Waals surface area contributed by atoms with Crippen molar-refractivity contribution in [1.82, 2.24) is 0 Å². The summed E-state index contributed by atoms with van der Waals surface area (Å²) in [5, 5.41) is 20.4. The molecule has 2 aliphatic heterocycles. The molecule has 5 rings (SSSR count). The van der Waals surface area contributed by atoms with Crippen LogP contribution in [0.5, 0.6) is 5.75 Å². The molecule has 0 saturated carbocycles. The zero-order valence-electron chi connectivity index (χ0n) is 17.5. The predicted octanol–water partition coefficient (Wildman–Crippen LogP) is 2.14. The summed E-state index contributed by atoms with van der Waals surface area (Å²) in [4.78, 5) is 26.6. The van der Waals surface area contributed by atoms with E-state index in [1.54, 1.807) is 25.1 Å². The molecule has 5 atom stereocenters. The van der Waals surface area contributed by atoms with Gasteiger partial charge in [0.1, 0.15) is 34.7 Å². The smallest absolute Gasteiger partial charge is 0.415 e. The van der Waals surface area contributed by atoms with E-state index in [0.717, 1.165) is 0 Å². The number of carboxylic acids is 1. The molecule has 4 aliphatic rings. The van der Waals surface area contributed by atoms with Crippen molar-refractivity contribution >= 4 is 17.7 Å². The molecule has 0 radical (unpaired) electrons. The Hall–Kier alpha value is -3.88. The van der Waals surface area contributed by atoms with E-state index in [-0.39, 0.29) is 17.1 Å². The van der Waals surface area contributed by atoms with E-state index in [0.29, 0.717) is 11.3 Å². The number of rotatable bonds is 2. The molecule has 8 heteroatoms. The van der Waals surface area contributed by atoms with Gasteiger partial charge in [0.2, 0.25) is 0 Å². The van der Waals surface area contributed by atoms with Crippen LogP contribution in [-0.4, -0.2) is 48.1 Å². The van der Waals surface area contributed by atoms with Gasteiger partial charge in [-0.3, -0.25) is 4.90 Å². The van der Waals surface area contributed by atoms with E-state index in [4.69, 9.17) is 14.2 Å². The molecule has 32 heavy (non-hydrogen) atoms. The zero-order valence-corrected chi connectivity index (χ0v) is 17.5. The number of aliphatic carboxylic acids is 1. The molecule has 0 unspecified atom stereocenters. The fraction of sp³-hybridized carbons (Fsp3) is 0.333. The first-order chi connectivity index (χ1) is 15.3. The lowest BCUT2D eigenvalue weighted by Gasteiger charge is -2.45. The van der Waals surface area contributed by atoms with Crippen LogP contribution in [0.25, 0.3) is 0 Å². The van der Waals surface area contributed by atoms with Gasteiger partial charge in [0.25, 0.3) is 0 Å². The van der Waals surface area contributed by atoms with Crippen molar-refractivity contribution in [2.75, 3.05) is 19.1 Å². The number of carboxylic acid groups (broad SMARTS) is 1. The molecule has 1 aromatic carbocycles. The number of phenols is 1. The minimum absolute atomic E-state index is 0.0182. The Kier molecular flexibility index (Phi) is 4.11. The van der Waals surface area contributed by atoms with Gasteiger partial charge in [-0.2, -0.15) is 0 Å². The van der Waals surface area contributed by atoms with Gasteiger partial charge in [-0.25, -0.2) is 9.59 Å². The molecule has 8 nitrogen and oxygen atoms in total. The minimum atomic E-state index is -1.24. The number of hydrogen-bond acceptors (Lipinski definition) is 6.